The van der Waals surface area contributed by atoms with Crippen LogP contribution in [0.25, 0.3) is 0 Å². The third-order valence-electron chi connectivity index (χ3n) is 4.52. The van der Waals surface area contributed by atoms with E-state index in [2.05, 4.69) is 19.2 Å². The fourth-order valence-electron chi connectivity index (χ4n) is 2.92. The van der Waals surface area contributed by atoms with Crippen molar-refractivity contribution in [3.05, 3.63) is 29.3 Å². The van der Waals surface area contributed by atoms with Crippen LogP contribution < -0.4 is 5.32 Å². The molecule has 1 fully saturated rings. The summed E-state index contributed by atoms with van der Waals surface area (Å²) in [6.07, 6.45) is 2.59. The minimum Gasteiger partial charge on any atom is -0.342 e. The first-order chi connectivity index (χ1) is 11.0. The molecule has 0 heterocycles. The van der Waals surface area contributed by atoms with E-state index in [-0.39, 0.29) is 23.7 Å². The van der Waals surface area contributed by atoms with Crippen LogP contribution in [-0.4, -0.2) is 29.8 Å². The Hall–Kier alpha value is -1.84. The molecule has 1 aliphatic carbocycles. The lowest BCUT2D eigenvalue weighted by molar-refractivity contribution is -0.134. The highest BCUT2D eigenvalue weighted by molar-refractivity contribution is 5.99. The molecule has 0 bridgehead atoms. The Morgan fingerprint density at radius 1 is 1.09 bits per heavy atom. The molecule has 1 saturated carbocycles. The monoisotopic (exact) mass is 316 g/mol. The standard InChI is InChI=1S/C19H28N2O2/c1-5-9-21(10-6-2)19(23)17-12-16(17)18(22)20-15-8-7-13(3)14(4)11-15/h7-8,11,16-17H,5-6,9-10,12H2,1-4H3,(H,20,22). The van der Waals surface area contributed by atoms with Gasteiger partial charge in [0.1, 0.15) is 0 Å². The molecule has 23 heavy (non-hydrogen) atoms. The van der Waals surface area contributed by atoms with Gasteiger partial charge in [0, 0.05) is 18.8 Å². The van der Waals surface area contributed by atoms with E-state index in [1.807, 2.05) is 36.9 Å². The number of carbonyl (C=O) groups is 2. The Balaban J connectivity index is 1.92. The normalized spacial score (nSPS) is 19.3. The minimum atomic E-state index is -0.166. The van der Waals surface area contributed by atoms with Crippen molar-refractivity contribution in [2.75, 3.05) is 18.4 Å². The van der Waals surface area contributed by atoms with Crippen LogP contribution in [0, 0.1) is 25.7 Å². The molecule has 2 amide bonds. The van der Waals surface area contributed by atoms with Crippen molar-refractivity contribution in [1.82, 2.24) is 4.90 Å². The molecule has 0 radical (unpaired) electrons. The molecule has 1 aromatic rings. The fraction of sp³-hybridized carbons (Fsp3) is 0.579. The van der Waals surface area contributed by atoms with Gasteiger partial charge >= 0.3 is 0 Å². The predicted molar refractivity (Wildman–Crippen MR) is 93.3 cm³/mol. The number of hydrogen-bond donors (Lipinski definition) is 1. The smallest absolute Gasteiger partial charge is 0.228 e. The Morgan fingerprint density at radius 3 is 2.30 bits per heavy atom. The average molecular weight is 316 g/mol. The molecule has 1 aliphatic rings. The highest BCUT2D eigenvalue weighted by Gasteiger charge is 2.49. The molecule has 4 nitrogen and oxygen atoms in total. The lowest BCUT2D eigenvalue weighted by Gasteiger charge is -2.21. The van der Waals surface area contributed by atoms with E-state index in [0.717, 1.165) is 37.2 Å². The van der Waals surface area contributed by atoms with E-state index >= 15 is 0 Å². The number of benzene rings is 1. The van der Waals surface area contributed by atoms with Crippen LogP contribution in [0.4, 0.5) is 5.69 Å². The summed E-state index contributed by atoms with van der Waals surface area (Å²) in [5.41, 5.74) is 3.18. The molecule has 1 N–H and O–H groups in total. The van der Waals surface area contributed by atoms with Crippen LogP contribution >= 0.6 is 0 Å². The molecule has 0 aliphatic heterocycles. The second-order valence-corrected chi connectivity index (χ2v) is 6.56. The number of aryl methyl sites for hydroxylation is 2. The van der Waals surface area contributed by atoms with Crippen LogP contribution in [0.3, 0.4) is 0 Å². The number of carbonyl (C=O) groups excluding carboxylic acids is 2. The van der Waals surface area contributed by atoms with E-state index in [0.29, 0.717) is 6.42 Å². The summed E-state index contributed by atoms with van der Waals surface area (Å²) in [5, 5.41) is 2.95. The highest BCUT2D eigenvalue weighted by atomic mass is 16.2. The van der Waals surface area contributed by atoms with Crippen molar-refractivity contribution in [2.45, 2.75) is 47.0 Å². The molecular weight excluding hydrogens is 288 g/mol. The zero-order valence-corrected chi connectivity index (χ0v) is 14.7. The van der Waals surface area contributed by atoms with Crippen LogP contribution in [-0.2, 0) is 9.59 Å². The maximum absolute atomic E-state index is 12.5. The summed E-state index contributed by atoms with van der Waals surface area (Å²) in [6, 6.07) is 5.90. The lowest BCUT2D eigenvalue weighted by Crippen LogP contribution is -2.34. The zero-order chi connectivity index (χ0) is 17.0. The molecule has 0 spiro atoms. The molecule has 2 rings (SSSR count). The highest BCUT2D eigenvalue weighted by Crippen LogP contribution is 2.41. The van der Waals surface area contributed by atoms with Crippen molar-refractivity contribution in [2.24, 2.45) is 11.8 Å². The number of nitrogens with zero attached hydrogens (tertiary/aromatic N) is 1. The number of rotatable bonds is 7. The SMILES string of the molecule is CCCN(CCC)C(=O)C1CC1C(=O)Nc1ccc(C)c(C)c1. The third kappa shape index (κ3) is 4.34. The number of nitrogens with one attached hydrogen (secondary N) is 1. The van der Waals surface area contributed by atoms with E-state index in [1.165, 1.54) is 5.56 Å². The summed E-state index contributed by atoms with van der Waals surface area (Å²) in [4.78, 5) is 26.8. The summed E-state index contributed by atoms with van der Waals surface area (Å²) >= 11 is 0. The lowest BCUT2D eigenvalue weighted by atomic mass is 10.1. The molecule has 1 aromatic carbocycles. The van der Waals surface area contributed by atoms with Gasteiger partial charge in [-0.05, 0) is 56.4 Å². The van der Waals surface area contributed by atoms with E-state index < -0.39 is 0 Å². The topological polar surface area (TPSA) is 49.4 Å². The van der Waals surface area contributed by atoms with Gasteiger partial charge < -0.3 is 10.2 Å². The maximum Gasteiger partial charge on any atom is 0.228 e. The van der Waals surface area contributed by atoms with Crippen molar-refractivity contribution in [1.29, 1.82) is 0 Å². The number of amides is 2. The molecular formula is C19H28N2O2. The fourth-order valence-corrected chi connectivity index (χ4v) is 2.92. The van der Waals surface area contributed by atoms with Crippen LogP contribution in [0.5, 0.6) is 0 Å². The second kappa shape index (κ2) is 7.62. The Bertz CT molecular complexity index is 577. The Morgan fingerprint density at radius 2 is 1.74 bits per heavy atom. The largest absolute Gasteiger partial charge is 0.342 e. The van der Waals surface area contributed by atoms with Crippen molar-refractivity contribution >= 4 is 17.5 Å². The van der Waals surface area contributed by atoms with Gasteiger partial charge in [0.2, 0.25) is 11.8 Å². The maximum atomic E-state index is 12.5. The quantitative estimate of drug-likeness (QED) is 0.836. The van der Waals surface area contributed by atoms with Gasteiger partial charge in [-0.1, -0.05) is 19.9 Å². The summed E-state index contributed by atoms with van der Waals surface area (Å²) < 4.78 is 0. The number of anilines is 1. The van der Waals surface area contributed by atoms with Gasteiger partial charge in [0.15, 0.2) is 0 Å². The van der Waals surface area contributed by atoms with Crippen molar-refractivity contribution in [3.63, 3.8) is 0 Å². The van der Waals surface area contributed by atoms with Gasteiger partial charge in [-0.15, -0.1) is 0 Å². The van der Waals surface area contributed by atoms with E-state index in [1.54, 1.807) is 0 Å². The first-order valence-corrected chi connectivity index (χ1v) is 8.64. The van der Waals surface area contributed by atoms with Gasteiger partial charge in [-0.2, -0.15) is 0 Å². The van der Waals surface area contributed by atoms with Gasteiger partial charge in [-0.3, -0.25) is 9.59 Å². The third-order valence-corrected chi connectivity index (χ3v) is 4.52. The van der Waals surface area contributed by atoms with Crippen molar-refractivity contribution < 1.29 is 9.59 Å². The van der Waals surface area contributed by atoms with Crippen molar-refractivity contribution in [3.8, 4) is 0 Å². The molecule has 4 heteroatoms. The van der Waals surface area contributed by atoms with Crippen LogP contribution in [0.2, 0.25) is 0 Å². The van der Waals surface area contributed by atoms with Gasteiger partial charge in [-0.25, -0.2) is 0 Å². The molecule has 0 aromatic heterocycles. The first kappa shape index (κ1) is 17.5. The van der Waals surface area contributed by atoms with E-state index in [9.17, 15) is 9.59 Å². The number of hydrogen-bond acceptors (Lipinski definition) is 2. The average Bonchev–Trinajstić information content (AvgIpc) is 3.31. The summed E-state index contributed by atoms with van der Waals surface area (Å²) in [7, 11) is 0. The van der Waals surface area contributed by atoms with Gasteiger partial charge in [0.05, 0.1) is 11.8 Å². The zero-order valence-electron chi connectivity index (χ0n) is 14.7. The van der Waals surface area contributed by atoms with Crippen LogP contribution in [0.15, 0.2) is 18.2 Å². The molecule has 126 valence electrons. The van der Waals surface area contributed by atoms with E-state index in [4.69, 9.17) is 0 Å². The first-order valence-electron chi connectivity index (χ1n) is 8.64. The summed E-state index contributed by atoms with van der Waals surface area (Å²) in [5.74, 6) is -0.173. The molecule has 2 atom stereocenters. The predicted octanol–water partition coefficient (Wildman–Crippen LogP) is 3.53. The molecule has 0 saturated heterocycles. The molecule has 2 unspecified atom stereocenters. The van der Waals surface area contributed by atoms with Gasteiger partial charge in [0.25, 0.3) is 0 Å². The summed E-state index contributed by atoms with van der Waals surface area (Å²) in [6.45, 7) is 9.80. The minimum absolute atomic E-state index is 0.0282. The van der Waals surface area contributed by atoms with Crippen LogP contribution in [0.1, 0.15) is 44.2 Å². The second-order valence-electron chi connectivity index (χ2n) is 6.56. The Kier molecular flexibility index (Phi) is 5.80. The Labute approximate surface area is 139 Å².